The highest BCUT2D eigenvalue weighted by Crippen LogP contribution is 2.40. The molecule has 0 saturated heterocycles. The summed E-state index contributed by atoms with van der Waals surface area (Å²) in [5.41, 5.74) is 13.5. The van der Waals surface area contributed by atoms with Crippen LogP contribution in [-0.4, -0.2) is 25.0 Å². The first-order valence-corrected chi connectivity index (χ1v) is 20.7. The van der Waals surface area contributed by atoms with Gasteiger partial charge in [0.2, 0.25) is 23.6 Å². The van der Waals surface area contributed by atoms with Crippen molar-refractivity contribution in [3.8, 4) is 73.8 Å². The molecule has 0 N–H and O–H groups in total. The van der Waals surface area contributed by atoms with Gasteiger partial charge in [-0.2, -0.15) is 0 Å². The van der Waals surface area contributed by atoms with Crippen LogP contribution in [0.2, 0.25) is 0 Å². The normalized spacial score (nSPS) is 12.1. The molecule has 0 amide bonds. The standard InChI is InChI=1S/C54H45N5O2/c1-53(2,3)38-26-20-34(21-27-38)41-16-10-12-18-43(41)51-57-55-49(60-51)36-24-30-47-45(32-36)46-33-37(25-31-48(46)59(47)40-14-8-7-9-15-40)50-56-58-52(61-50)44-19-13-11-17-42(44)35-22-28-39(29-23-35)54(4,5)6/h7-33H,1-6H3. The molecule has 7 nitrogen and oxygen atoms in total. The van der Waals surface area contributed by atoms with Crippen molar-refractivity contribution >= 4 is 21.8 Å². The second-order valence-electron chi connectivity index (χ2n) is 17.7. The molecule has 0 spiro atoms. The number of para-hydroxylation sites is 1. The van der Waals surface area contributed by atoms with Gasteiger partial charge in [-0.1, -0.05) is 145 Å². The summed E-state index contributed by atoms with van der Waals surface area (Å²) in [7, 11) is 0. The van der Waals surface area contributed by atoms with Crippen LogP contribution in [0.1, 0.15) is 52.7 Å². The molecule has 0 atom stereocenters. The van der Waals surface area contributed by atoms with E-state index in [9.17, 15) is 0 Å². The average Bonchev–Trinajstić information content (AvgIpc) is 4.05. The fraction of sp³-hybridized carbons (Fsp3) is 0.148. The van der Waals surface area contributed by atoms with Crippen molar-refractivity contribution in [2.45, 2.75) is 52.4 Å². The number of fused-ring (bicyclic) bond motifs is 3. The highest BCUT2D eigenvalue weighted by atomic mass is 16.4. The van der Waals surface area contributed by atoms with E-state index < -0.39 is 0 Å². The van der Waals surface area contributed by atoms with Gasteiger partial charge in [-0.25, -0.2) is 0 Å². The van der Waals surface area contributed by atoms with Crippen molar-refractivity contribution in [2.24, 2.45) is 0 Å². The zero-order valence-electron chi connectivity index (χ0n) is 35.1. The molecular weight excluding hydrogens is 751 g/mol. The van der Waals surface area contributed by atoms with E-state index >= 15 is 0 Å². The Kier molecular flexibility index (Phi) is 9.13. The average molecular weight is 796 g/mol. The number of benzene rings is 7. The molecule has 0 fully saturated rings. The second-order valence-corrected chi connectivity index (χ2v) is 17.7. The molecule has 298 valence electrons. The maximum absolute atomic E-state index is 6.49. The highest BCUT2D eigenvalue weighted by Gasteiger charge is 2.22. The Morgan fingerprint density at radius 1 is 0.361 bits per heavy atom. The van der Waals surface area contributed by atoms with Crippen molar-refractivity contribution in [1.29, 1.82) is 0 Å². The summed E-state index contributed by atoms with van der Waals surface area (Å²) in [6.45, 7) is 13.4. The molecule has 7 heteroatoms. The lowest BCUT2D eigenvalue weighted by Gasteiger charge is -2.19. The Labute approximate surface area is 355 Å². The van der Waals surface area contributed by atoms with E-state index in [0.717, 1.165) is 72.0 Å². The fourth-order valence-corrected chi connectivity index (χ4v) is 8.18. The fourth-order valence-electron chi connectivity index (χ4n) is 8.18. The quantitative estimate of drug-likeness (QED) is 0.160. The number of hydrogen-bond donors (Lipinski definition) is 0. The van der Waals surface area contributed by atoms with Crippen LogP contribution in [0.5, 0.6) is 0 Å². The second kappa shape index (κ2) is 14.7. The van der Waals surface area contributed by atoms with E-state index in [4.69, 9.17) is 8.83 Å². The lowest BCUT2D eigenvalue weighted by Crippen LogP contribution is -2.10. The summed E-state index contributed by atoms with van der Waals surface area (Å²) >= 11 is 0. The molecule has 0 aliphatic carbocycles. The zero-order valence-corrected chi connectivity index (χ0v) is 35.1. The maximum Gasteiger partial charge on any atom is 0.248 e. The van der Waals surface area contributed by atoms with Crippen LogP contribution in [0.3, 0.4) is 0 Å². The van der Waals surface area contributed by atoms with E-state index in [-0.39, 0.29) is 10.8 Å². The van der Waals surface area contributed by atoms with Gasteiger partial charge in [0, 0.05) is 38.7 Å². The van der Waals surface area contributed by atoms with Crippen molar-refractivity contribution in [3.05, 3.63) is 175 Å². The number of hydrogen-bond acceptors (Lipinski definition) is 6. The molecule has 7 aromatic carbocycles. The van der Waals surface area contributed by atoms with Crippen LogP contribution >= 0.6 is 0 Å². The first-order valence-electron chi connectivity index (χ1n) is 20.7. The first-order chi connectivity index (χ1) is 29.5. The van der Waals surface area contributed by atoms with Gasteiger partial charge >= 0.3 is 0 Å². The molecule has 3 heterocycles. The Morgan fingerprint density at radius 2 is 0.721 bits per heavy atom. The molecule has 0 aliphatic heterocycles. The third-order valence-electron chi connectivity index (χ3n) is 11.6. The van der Waals surface area contributed by atoms with Gasteiger partial charge in [0.05, 0.1) is 11.0 Å². The Hall–Kier alpha value is -7.38. The van der Waals surface area contributed by atoms with Crippen molar-refractivity contribution < 1.29 is 8.83 Å². The lowest BCUT2D eigenvalue weighted by molar-refractivity contribution is 0.584. The molecule has 0 unspecified atom stereocenters. The molecule has 10 rings (SSSR count). The first kappa shape index (κ1) is 37.9. The van der Waals surface area contributed by atoms with E-state index in [1.165, 1.54) is 11.1 Å². The topological polar surface area (TPSA) is 82.8 Å². The Bertz CT molecular complexity index is 3000. The van der Waals surface area contributed by atoms with Crippen molar-refractivity contribution in [1.82, 2.24) is 25.0 Å². The van der Waals surface area contributed by atoms with E-state index in [0.29, 0.717) is 23.6 Å². The Balaban J connectivity index is 1.03. The maximum atomic E-state index is 6.49. The molecule has 3 aromatic heterocycles. The third kappa shape index (κ3) is 7.02. The van der Waals surface area contributed by atoms with Crippen LogP contribution in [0.4, 0.5) is 0 Å². The minimum atomic E-state index is 0.0684. The van der Waals surface area contributed by atoms with Gasteiger partial charge in [-0.15, -0.1) is 20.4 Å². The smallest absolute Gasteiger partial charge is 0.248 e. The van der Waals surface area contributed by atoms with E-state index in [1.54, 1.807) is 0 Å². The number of aromatic nitrogens is 5. The van der Waals surface area contributed by atoms with Gasteiger partial charge in [0.1, 0.15) is 0 Å². The molecule has 0 aliphatic rings. The minimum Gasteiger partial charge on any atom is -0.416 e. The van der Waals surface area contributed by atoms with Gasteiger partial charge in [0.25, 0.3) is 0 Å². The number of nitrogens with zero attached hydrogens (tertiary/aromatic N) is 5. The van der Waals surface area contributed by atoms with Crippen LogP contribution in [0.25, 0.3) is 95.6 Å². The summed E-state index contributed by atoms with van der Waals surface area (Å²) in [6, 6.07) is 56.8. The van der Waals surface area contributed by atoms with Gasteiger partial charge in [0.15, 0.2) is 0 Å². The molecule has 0 saturated carbocycles. The van der Waals surface area contributed by atoms with Crippen LogP contribution in [0, 0.1) is 0 Å². The molecule has 10 aromatic rings. The summed E-state index contributed by atoms with van der Waals surface area (Å²) in [6.07, 6.45) is 0. The predicted molar refractivity (Wildman–Crippen MR) is 247 cm³/mol. The predicted octanol–water partition coefficient (Wildman–Crippen LogP) is 14.1. The molecule has 0 radical (unpaired) electrons. The van der Waals surface area contributed by atoms with Crippen LogP contribution in [0.15, 0.2) is 173 Å². The van der Waals surface area contributed by atoms with Crippen molar-refractivity contribution in [2.75, 3.05) is 0 Å². The van der Waals surface area contributed by atoms with Crippen LogP contribution in [-0.2, 0) is 10.8 Å². The summed E-state index contributed by atoms with van der Waals surface area (Å²) < 4.78 is 15.2. The zero-order chi connectivity index (χ0) is 41.9. The highest BCUT2D eigenvalue weighted by molar-refractivity contribution is 6.11. The SMILES string of the molecule is CC(C)(C)c1ccc(-c2ccccc2-c2nnc(-c3ccc4c(c3)c3cc(-c5nnc(-c6ccccc6-c6ccc(C(C)(C)C)cc6)o5)ccc3n4-c3ccccc3)o2)cc1. The summed E-state index contributed by atoms with van der Waals surface area (Å²) in [5.74, 6) is 1.82. The molecule has 61 heavy (non-hydrogen) atoms. The third-order valence-corrected chi connectivity index (χ3v) is 11.6. The monoisotopic (exact) mass is 795 g/mol. The van der Waals surface area contributed by atoms with Gasteiger partial charge < -0.3 is 13.4 Å². The van der Waals surface area contributed by atoms with Gasteiger partial charge in [-0.05, 0) is 105 Å². The summed E-state index contributed by atoms with van der Waals surface area (Å²) in [5, 5.41) is 20.4. The number of rotatable bonds is 7. The van der Waals surface area contributed by atoms with E-state index in [1.807, 2.05) is 54.6 Å². The Morgan fingerprint density at radius 3 is 1.13 bits per heavy atom. The largest absolute Gasteiger partial charge is 0.416 e. The molecular formula is C54H45N5O2. The molecule has 0 bridgehead atoms. The van der Waals surface area contributed by atoms with Gasteiger partial charge in [-0.3, -0.25) is 0 Å². The summed E-state index contributed by atoms with van der Waals surface area (Å²) in [4.78, 5) is 0. The van der Waals surface area contributed by atoms with Crippen molar-refractivity contribution in [3.63, 3.8) is 0 Å². The van der Waals surface area contributed by atoms with E-state index in [2.05, 4.69) is 176 Å². The lowest BCUT2D eigenvalue weighted by atomic mass is 9.86. The van der Waals surface area contributed by atoms with Crippen LogP contribution < -0.4 is 0 Å². The minimum absolute atomic E-state index is 0.0684.